The average Bonchev–Trinajstić information content (AvgIpc) is 2.66. The van der Waals surface area contributed by atoms with Crippen molar-refractivity contribution in [2.45, 2.75) is 13.3 Å². The van der Waals surface area contributed by atoms with E-state index in [1.54, 1.807) is 24.1 Å². The molecule has 1 aliphatic carbocycles. The van der Waals surface area contributed by atoms with Crippen LogP contribution in [0, 0.1) is 12.8 Å². The summed E-state index contributed by atoms with van der Waals surface area (Å²) in [6, 6.07) is 12.7. The SMILES string of the molecule is COCC1C=CC=C(N(C(=O)c2ccccc2Cl)c2cccc(Cl)c2C)C1. The van der Waals surface area contributed by atoms with Crippen LogP contribution in [-0.2, 0) is 4.74 Å². The third kappa shape index (κ3) is 4.27. The molecule has 1 atom stereocenters. The Morgan fingerprint density at radius 2 is 1.89 bits per heavy atom. The standard InChI is InChI=1S/C22H21Cl2NO2/c1-15-19(23)11-6-12-21(15)25(17-8-5-7-16(13-17)14-27-2)22(26)18-9-3-4-10-20(18)24/h3-12,16H,13-14H2,1-2H3. The highest BCUT2D eigenvalue weighted by Gasteiger charge is 2.27. The molecule has 0 N–H and O–H groups in total. The number of ether oxygens (including phenoxy) is 1. The van der Waals surface area contributed by atoms with E-state index in [9.17, 15) is 4.79 Å². The maximum absolute atomic E-state index is 13.5. The summed E-state index contributed by atoms with van der Waals surface area (Å²) in [6.45, 7) is 2.51. The monoisotopic (exact) mass is 401 g/mol. The van der Waals surface area contributed by atoms with Gasteiger partial charge in [-0.1, -0.05) is 53.6 Å². The second kappa shape index (κ2) is 8.75. The quantitative estimate of drug-likeness (QED) is 0.609. The van der Waals surface area contributed by atoms with Crippen LogP contribution in [0.2, 0.25) is 10.0 Å². The maximum atomic E-state index is 13.5. The molecular formula is C22H21Cl2NO2. The molecule has 1 amide bonds. The highest BCUT2D eigenvalue weighted by molar-refractivity contribution is 6.35. The van der Waals surface area contributed by atoms with E-state index in [-0.39, 0.29) is 11.8 Å². The van der Waals surface area contributed by atoms with Crippen LogP contribution in [0.1, 0.15) is 22.3 Å². The molecule has 0 saturated heterocycles. The number of carbonyl (C=O) groups is 1. The van der Waals surface area contributed by atoms with Crippen molar-refractivity contribution in [3.8, 4) is 0 Å². The number of allylic oxidation sites excluding steroid dienone is 3. The molecule has 1 aliphatic rings. The molecule has 3 nitrogen and oxygen atoms in total. The number of methoxy groups -OCH3 is 1. The smallest absolute Gasteiger partial charge is 0.264 e. The minimum atomic E-state index is -0.177. The summed E-state index contributed by atoms with van der Waals surface area (Å²) in [5.41, 5.74) is 2.94. The zero-order valence-corrected chi connectivity index (χ0v) is 16.8. The predicted molar refractivity (Wildman–Crippen MR) is 112 cm³/mol. The molecule has 0 aliphatic heterocycles. The predicted octanol–water partition coefficient (Wildman–Crippen LogP) is 6.06. The van der Waals surface area contributed by atoms with Gasteiger partial charge in [-0.25, -0.2) is 0 Å². The van der Waals surface area contributed by atoms with E-state index >= 15 is 0 Å². The van der Waals surface area contributed by atoms with Gasteiger partial charge in [-0.2, -0.15) is 0 Å². The summed E-state index contributed by atoms with van der Waals surface area (Å²) in [7, 11) is 1.68. The number of nitrogens with zero attached hydrogens (tertiary/aromatic N) is 1. The van der Waals surface area contributed by atoms with Crippen LogP contribution in [0.3, 0.4) is 0 Å². The number of halogens is 2. The fraction of sp³-hybridized carbons (Fsp3) is 0.227. The lowest BCUT2D eigenvalue weighted by atomic mass is 9.97. The van der Waals surface area contributed by atoms with E-state index < -0.39 is 0 Å². The molecule has 0 bridgehead atoms. The summed E-state index contributed by atoms with van der Waals surface area (Å²) in [4.78, 5) is 15.2. The molecular weight excluding hydrogens is 381 g/mol. The second-order valence-electron chi connectivity index (χ2n) is 6.47. The number of anilines is 1. The molecule has 0 fully saturated rings. The minimum Gasteiger partial charge on any atom is -0.384 e. The number of hydrogen-bond acceptors (Lipinski definition) is 2. The van der Waals surface area contributed by atoms with Crippen molar-refractivity contribution >= 4 is 34.8 Å². The summed E-state index contributed by atoms with van der Waals surface area (Å²) < 4.78 is 5.30. The summed E-state index contributed by atoms with van der Waals surface area (Å²) >= 11 is 12.7. The van der Waals surface area contributed by atoms with Gasteiger partial charge in [-0.05, 0) is 49.2 Å². The van der Waals surface area contributed by atoms with Gasteiger partial charge in [0.15, 0.2) is 0 Å². The number of rotatable bonds is 5. The van der Waals surface area contributed by atoms with E-state index in [4.69, 9.17) is 27.9 Å². The number of carbonyl (C=O) groups excluding carboxylic acids is 1. The largest absolute Gasteiger partial charge is 0.384 e. The zero-order valence-electron chi connectivity index (χ0n) is 15.3. The first-order valence-electron chi connectivity index (χ1n) is 8.73. The fourth-order valence-corrected chi connectivity index (χ4v) is 3.60. The van der Waals surface area contributed by atoms with Crippen LogP contribution >= 0.6 is 23.2 Å². The Kier molecular flexibility index (Phi) is 6.38. The lowest BCUT2D eigenvalue weighted by Gasteiger charge is -2.30. The Morgan fingerprint density at radius 1 is 1.15 bits per heavy atom. The average molecular weight is 402 g/mol. The first-order valence-corrected chi connectivity index (χ1v) is 9.49. The summed E-state index contributed by atoms with van der Waals surface area (Å²) in [5.74, 6) is 0.0275. The van der Waals surface area contributed by atoms with E-state index in [2.05, 4.69) is 6.08 Å². The van der Waals surface area contributed by atoms with Crippen molar-refractivity contribution in [1.82, 2.24) is 0 Å². The van der Waals surface area contributed by atoms with Gasteiger partial charge < -0.3 is 4.74 Å². The molecule has 140 valence electrons. The Balaban J connectivity index is 2.09. The highest BCUT2D eigenvalue weighted by atomic mass is 35.5. The van der Waals surface area contributed by atoms with Gasteiger partial charge in [0.05, 0.1) is 22.9 Å². The normalized spacial score (nSPS) is 16.1. The topological polar surface area (TPSA) is 29.5 Å². The van der Waals surface area contributed by atoms with Crippen LogP contribution in [0.4, 0.5) is 5.69 Å². The van der Waals surface area contributed by atoms with E-state index in [1.165, 1.54) is 0 Å². The number of amides is 1. The third-order valence-corrected chi connectivity index (χ3v) is 5.34. The van der Waals surface area contributed by atoms with Crippen LogP contribution in [-0.4, -0.2) is 19.6 Å². The zero-order chi connectivity index (χ0) is 19.4. The van der Waals surface area contributed by atoms with Gasteiger partial charge in [0.2, 0.25) is 0 Å². The van der Waals surface area contributed by atoms with E-state index in [1.807, 2.05) is 49.4 Å². The van der Waals surface area contributed by atoms with Crippen LogP contribution in [0.15, 0.2) is 66.4 Å². The maximum Gasteiger partial charge on any atom is 0.264 e. The van der Waals surface area contributed by atoms with Crippen LogP contribution in [0.5, 0.6) is 0 Å². The Hall–Kier alpha value is -2.07. The molecule has 2 aromatic rings. The van der Waals surface area contributed by atoms with Gasteiger partial charge in [-0.15, -0.1) is 0 Å². The fourth-order valence-electron chi connectivity index (χ4n) is 3.21. The second-order valence-corrected chi connectivity index (χ2v) is 7.28. The van der Waals surface area contributed by atoms with E-state index in [0.717, 1.165) is 16.9 Å². The van der Waals surface area contributed by atoms with Crippen LogP contribution in [0.25, 0.3) is 0 Å². The lowest BCUT2D eigenvalue weighted by molar-refractivity contribution is 0.0992. The molecule has 3 rings (SSSR count). The van der Waals surface area contributed by atoms with Gasteiger partial charge in [0, 0.05) is 23.7 Å². The Morgan fingerprint density at radius 3 is 2.63 bits per heavy atom. The van der Waals surface area contributed by atoms with Crippen molar-refractivity contribution in [2.75, 3.05) is 18.6 Å². The van der Waals surface area contributed by atoms with E-state index in [0.29, 0.717) is 28.6 Å². The van der Waals surface area contributed by atoms with Crippen molar-refractivity contribution in [1.29, 1.82) is 0 Å². The third-order valence-electron chi connectivity index (χ3n) is 4.60. The molecule has 2 aromatic carbocycles. The van der Waals surface area contributed by atoms with Gasteiger partial charge in [-0.3, -0.25) is 9.69 Å². The first kappa shape index (κ1) is 19.7. The summed E-state index contributed by atoms with van der Waals surface area (Å²) in [5, 5.41) is 1.04. The molecule has 5 heteroatoms. The number of benzene rings is 2. The lowest BCUT2D eigenvalue weighted by Crippen LogP contribution is -2.33. The molecule has 27 heavy (non-hydrogen) atoms. The molecule has 0 radical (unpaired) electrons. The van der Waals surface area contributed by atoms with Crippen LogP contribution < -0.4 is 4.90 Å². The molecule has 1 unspecified atom stereocenters. The molecule has 0 aromatic heterocycles. The van der Waals surface area contributed by atoms with Gasteiger partial charge in [0.25, 0.3) is 5.91 Å². The first-order chi connectivity index (χ1) is 13.0. The molecule has 0 saturated carbocycles. The van der Waals surface area contributed by atoms with Gasteiger partial charge >= 0.3 is 0 Å². The highest BCUT2D eigenvalue weighted by Crippen LogP contribution is 2.34. The molecule has 0 spiro atoms. The van der Waals surface area contributed by atoms with Crippen molar-refractivity contribution in [3.63, 3.8) is 0 Å². The summed E-state index contributed by atoms with van der Waals surface area (Å²) in [6.07, 6.45) is 6.71. The Labute approximate surface area is 169 Å². The minimum absolute atomic E-state index is 0.177. The van der Waals surface area contributed by atoms with Crippen molar-refractivity contribution in [3.05, 3.63) is 87.6 Å². The van der Waals surface area contributed by atoms with Crippen molar-refractivity contribution < 1.29 is 9.53 Å². The van der Waals surface area contributed by atoms with Crippen molar-refractivity contribution in [2.24, 2.45) is 5.92 Å². The number of hydrogen-bond donors (Lipinski definition) is 0. The van der Waals surface area contributed by atoms with Gasteiger partial charge in [0.1, 0.15) is 0 Å². The Bertz CT molecular complexity index is 905. The molecule has 0 heterocycles.